The first-order valence-corrected chi connectivity index (χ1v) is 11.5. The van der Waals surface area contributed by atoms with E-state index in [-0.39, 0.29) is 16.3 Å². The quantitative estimate of drug-likeness (QED) is 0.241. The van der Waals surface area contributed by atoms with Gasteiger partial charge >= 0.3 is 0 Å². The standard InChI is InChI=1S/C25H17Cl2FN8/c1-13-16(4-3-7-30-13)25(21-12-32-36-35-21)33-15-8-17-23(34-20-6-2-5-18(26)22(20)28)14(10-29)11-31-24(17)19(27)9-15/h2-9,11-12,25,33H,1H3,(H,31,34)(H,32,35,36)/t25-/m0/s1. The van der Waals surface area contributed by atoms with Crippen molar-refractivity contribution in [1.29, 1.82) is 5.26 Å². The van der Waals surface area contributed by atoms with Crippen molar-refractivity contribution in [2.45, 2.75) is 13.0 Å². The van der Waals surface area contributed by atoms with Crippen molar-refractivity contribution in [2.75, 3.05) is 10.6 Å². The maximum atomic E-state index is 14.7. The van der Waals surface area contributed by atoms with E-state index in [9.17, 15) is 9.65 Å². The largest absolute Gasteiger partial charge is 0.373 e. The van der Waals surface area contributed by atoms with Crippen LogP contribution in [0.2, 0.25) is 10.0 Å². The number of aromatic amines is 1. The minimum Gasteiger partial charge on any atom is -0.373 e. The van der Waals surface area contributed by atoms with Gasteiger partial charge in [-0.05, 0) is 37.3 Å². The van der Waals surface area contributed by atoms with Crippen molar-refractivity contribution in [3.63, 3.8) is 0 Å². The number of pyridine rings is 2. The second-order valence-corrected chi connectivity index (χ2v) is 8.70. The lowest BCUT2D eigenvalue weighted by atomic mass is 10.0. The summed E-state index contributed by atoms with van der Waals surface area (Å²) in [6.07, 6.45) is 4.73. The highest BCUT2D eigenvalue weighted by Crippen LogP contribution is 2.37. The monoisotopic (exact) mass is 518 g/mol. The average molecular weight is 519 g/mol. The molecule has 11 heteroatoms. The lowest BCUT2D eigenvalue weighted by Gasteiger charge is -2.21. The fourth-order valence-electron chi connectivity index (χ4n) is 3.93. The van der Waals surface area contributed by atoms with E-state index in [4.69, 9.17) is 23.2 Å². The van der Waals surface area contributed by atoms with Crippen LogP contribution >= 0.6 is 23.2 Å². The first kappa shape index (κ1) is 23.5. The summed E-state index contributed by atoms with van der Waals surface area (Å²) in [5.74, 6) is -0.633. The Kier molecular flexibility index (Phi) is 6.38. The first-order chi connectivity index (χ1) is 17.5. The molecule has 0 saturated heterocycles. The van der Waals surface area contributed by atoms with Crippen LogP contribution in [0.25, 0.3) is 10.9 Å². The normalized spacial score (nSPS) is 11.8. The second-order valence-electron chi connectivity index (χ2n) is 7.89. The molecule has 0 spiro atoms. The number of fused-ring (bicyclic) bond motifs is 1. The molecule has 178 valence electrons. The molecule has 0 aliphatic heterocycles. The van der Waals surface area contributed by atoms with Gasteiger partial charge in [0.05, 0.1) is 44.7 Å². The Bertz CT molecular complexity index is 1620. The van der Waals surface area contributed by atoms with Crippen LogP contribution in [0.15, 0.2) is 61.1 Å². The molecular weight excluding hydrogens is 502 g/mol. The van der Waals surface area contributed by atoms with E-state index in [0.29, 0.717) is 33.0 Å². The van der Waals surface area contributed by atoms with Gasteiger partial charge in [-0.3, -0.25) is 9.97 Å². The summed E-state index contributed by atoms with van der Waals surface area (Å²) >= 11 is 12.6. The Morgan fingerprint density at radius 1 is 1.08 bits per heavy atom. The van der Waals surface area contributed by atoms with Crippen LogP contribution in [-0.4, -0.2) is 25.4 Å². The highest BCUT2D eigenvalue weighted by atomic mass is 35.5. The second kappa shape index (κ2) is 9.77. The maximum absolute atomic E-state index is 14.7. The third kappa shape index (κ3) is 4.40. The molecular formula is C25H17Cl2FN8. The molecule has 3 N–H and O–H groups in total. The van der Waals surface area contributed by atoms with Gasteiger partial charge in [-0.2, -0.15) is 20.7 Å². The fourth-order valence-corrected chi connectivity index (χ4v) is 4.37. The average Bonchev–Trinajstić information content (AvgIpc) is 3.41. The number of H-pyrrole nitrogens is 1. The highest BCUT2D eigenvalue weighted by Gasteiger charge is 2.21. The molecule has 2 aromatic carbocycles. The molecule has 36 heavy (non-hydrogen) atoms. The summed E-state index contributed by atoms with van der Waals surface area (Å²) < 4.78 is 14.7. The third-order valence-corrected chi connectivity index (χ3v) is 6.24. The number of rotatable bonds is 6. The number of halogens is 3. The Hall–Kier alpha value is -4.26. The summed E-state index contributed by atoms with van der Waals surface area (Å²) in [4.78, 5) is 8.75. The maximum Gasteiger partial charge on any atom is 0.165 e. The van der Waals surface area contributed by atoms with Gasteiger partial charge in [-0.25, -0.2) is 4.39 Å². The van der Waals surface area contributed by atoms with Crippen LogP contribution < -0.4 is 10.6 Å². The predicted octanol–water partition coefficient (Wildman–Crippen LogP) is 6.32. The molecule has 8 nitrogen and oxygen atoms in total. The summed E-state index contributed by atoms with van der Waals surface area (Å²) in [6.45, 7) is 1.90. The van der Waals surface area contributed by atoms with E-state index in [1.807, 2.05) is 19.1 Å². The van der Waals surface area contributed by atoms with Crippen LogP contribution in [0.4, 0.5) is 21.5 Å². The number of aryl methyl sites for hydroxylation is 1. The van der Waals surface area contributed by atoms with Crippen molar-refractivity contribution in [2.24, 2.45) is 0 Å². The van der Waals surface area contributed by atoms with Crippen molar-refractivity contribution in [1.82, 2.24) is 25.4 Å². The van der Waals surface area contributed by atoms with Crippen LogP contribution in [-0.2, 0) is 0 Å². The molecule has 0 saturated carbocycles. The molecule has 0 unspecified atom stereocenters. The van der Waals surface area contributed by atoms with Gasteiger partial charge in [0.15, 0.2) is 5.82 Å². The number of benzene rings is 2. The van der Waals surface area contributed by atoms with E-state index >= 15 is 0 Å². The summed E-state index contributed by atoms with van der Waals surface area (Å²) in [6, 6.07) is 13.6. The SMILES string of the molecule is Cc1ncccc1[C@H](Nc1cc(Cl)c2ncc(C#N)c(Nc3cccc(Cl)c3F)c2c1)c1cn[nH]n1. The number of hydrogen-bond donors (Lipinski definition) is 3. The van der Waals surface area contributed by atoms with Crippen molar-refractivity contribution in [3.8, 4) is 6.07 Å². The fraction of sp³-hybridized carbons (Fsp3) is 0.0800. The number of hydrogen-bond acceptors (Lipinski definition) is 7. The van der Waals surface area contributed by atoms with E-state index in [0.717, 1.165) is 11.3 Å². The smallest absolute Gasteiger partial charge is 0.165 e. The van der Waals surface area contributed by atoms with Gasteiger partial charge in [-0.1, -0.05) is 35.3 Å². The Morgan fingerprint density at radius 2 is 1.94 bits per heavy atom. The number of nitrogens with one attached hydrogen (secondary N) is 3. The molecule has 0 amide bonds. The zero-order valence-corrected chi connectivity index (χ0v) is 20.2. The van der Waals surface area contributed by atoms with E-state index in [1.54, 1.807) is 30.6 Å². The summed E-state index contributed by atoms with van der Waals surface area (Å²) in [5, 5.41) is 27.8. The van der Waals surface area contributed by atoms with Crippen LogP contribution in [0, 0.1) is 24.1 Å². The highest BCUT2D eigenvalue weighted by molar-refractivity contribution is 6.36. The minimum absolute atomic E-state index is 0.0421. The van der Waals surface area contributed by atoms with Gasteiger partial charge in [-0.15, -0.1) is 0 Å². The zero-order chi connectivity index (χ0) is 25.2. The number of nitrogens with zero attached hydrogens (tertiary/aromatic N) is 5. The van der Waals surface area contributed by atoms with E-state index in [1.165, 1.54) is 18.3 Å². The van der Waals surface area contributed by atoms with Crippen molar-refractivity contribution < 1.29 is 4.39 Å². The molecule has 3 aromatic heterocycles. The zero-order valence-electron chi connectivity index (χ0n) is 18.7. The topological polar surface area (TPSA) is 115 Å². The van der Waals surface area contributed by atoms with E-state index in [2.05, 4.69) is 42.1 Å². The number of anilines is 3. The molecule has 0 aliphatic rings. The molecule has 0 radical (unpaired) electrons. The van der Waals surface area contributed by atoms with Crippen molar-refractivity contribution in [3.05, 3.63) is 99.4 Å². The van der Waals surface area contributed by atoms with E-state index < -0.39 is 11.9 Å². The molecule has 0 fully saturated rings. The van der Waals surface area contributed by atoms with Gasteiger partial charge in [0, 0.05) is 34.7 Å². The molecule has 3 heterocycles. The van der Waals surface area contributed by atoms with Crippen LogP contribution in [0.3, 0.4) is 0 Å². The Labute approximate surface area is 215 Å². The minimum atomic E-state index is -0.633. The lowest BCUT2D eigenvalue weighted by Crippen LogP contribution is -2.15. The van der Waals surface area contributed by atoms with Gasteiger partial charge in [0.2, 0.25) is 0 Å². The summed E-state index contributed by atoms with van der Waals surface area (Å²) in [5.41, 5.74) is 4.11. The first-order valence-electron chi connectivity index (χ1n) is 10.7. The Balaban J connectivity index is 1.64. The number of aromatic nitrogens is 5. The number of nitriles is 1. The van der Waals surface area contributed by atoms with Gasteiger partial charge in [0.1, 0.15) is 11.8 Å². The molecule has 0 aliphatic carbocycles. The van der Waals surface area contributed by atoms with Crippen LogP contribution in [0.1, 0.15) is 28.6 Å². The van der Waals surface area contributed by atoms with Crippen molar-refractivity contribution >= 4 is 51.2 Å². The lowest BCUT2D eigenvalue weighted by molar-refractivity contribution is 0.632. The predicted molar refractivity (Wildman–Crippen MR) is 137 cm³/mol. The Morgan fingerprint density at radius 3 is 2.69 bits per heavy atom. The molecule has 5 rings (SSSR count). The molecule has 0 bridgehead atoms. The molecule has 1 atom stereocenters. The summed E-state index contributed by atoms with van der Waals surface area (Å²) in [7, 11) is 0. The van der Waals surface area contributed by atoms with Gasteiger partial charge in [0.25, 0.3) is 0 Å². The third-order valence-electron chi connectivity index (χ3n) is 5.66. The van der Waals surface area contributed by atoms with Crippen LogP contribution in [0.5, 0.6) is 0 Å². The van der Waals surface area contributed by atoms with Gasteiger partial charge < -0.3 is 10.6 Å². The molecule has 5 aromatic rings.